The Morgan fingerprint density at radius 2 is 1.76 bits per heavy atom. The van der Waals surface area contributed by atoms with Crippen molar-refractivity contribution in [3.63, 3.8) is 0 Å². The fraction of sp³-hybridized carbons (Fsp3) is 0.222. The normalized spacial score (nSPS) is 10.7. The van der Waals surface area contributed by atoms with Gasteiger partial charge < -0.3 is 17.8 Å². The van der Waals surface area contributed by atoms with Gasteiger partial charge in [0.25, 0.3) is 5.91 Å². The van der Waals surface area contributed by atoms with E-state index in [2.05, 4.69) is 0 Å². The number of hydrogen-bond acceptors (Lipinski definition) is 1. The Balaban J connectivity index is 0.00000256. The van der Waals surface area contributed by atoms with Gasteiger partial charge in [-0.2, -0.15) is 0 Å². The number of amides is 1. The summed E-state index contributed by atoms with van der Waals surface area (Å²) >= 11 is 0. The maximum absolute atomic E-state index is 13.4. The fourth-order valence-electron chi connectivity index (χ4n) is 1.21. The maximum atomic E-state index is 13.4. The molecule has 88 valence electrons. The van der Waals surface area contributed by atoms with Crippen molar-refractivity contribution in [2.45, 2.75) is 0 Å². The van der Waals surface area contributed by atoms with Gasteiger partial charge in [-0.05, 0) is 6.07 Å². The summed E-state index contributed by atoms with van der Waals surface area (Å²) in [4.78, 5) is 12.4. The molecule has 0 spiro atoms. The molecule has 0 saturated heterocycles. The van der Waals surface area contributed by atoms with Crippen molar-refractivity contribution in [3.8, 4) is 0 Å². The van der Waals surface area contributed by atoms with E-state index < -0.39 is 29.7 Å². The van der Waals surface area contributed by atoms with Gasteiger partial charge >= 0.3 is 58.4 Å². The van der Waals surface area contributed by atoms with Crippen molar-refractivity contribution < 1.29 is 73.5 Å². The molecule has 0 aromatic heterocycles. The predicted octanol–water partition coefficient (Wildman–Crippen LogP) is -1.41. The Labute approximate surface area is 139 Å². The molecule has 2 nitrogen and oxygen atoms in total. The summed E-state index contributed by atoms with van der Waals surface area (Å²) in [5.41, 5.74) is -1.94. The average Bonchev–Trinajstić information content (AvgIpc) is 2.15. The minimum Gasteiger partial charge on any atom is -0.445 e. The molecule has 0 fully saturated rings. The van der Waals surface area contributed by atoms with Crippen molar-refractivity contribution in [3.05, 3.63) is 29.6 Å². The van der Waals surface area contributed by atoms with Crippen LogP contribution in [0.5, 0.6) is 0 Å². The minimum atomic E-state index is -5.45. The predicted molar refractivity (Wildman–Crippen MR) is 53.1 cm³/mol. The average molecular weight is 273 g/mol. The summed E-state index contributed by atoms with van der Waals surface area (Å²) in [7, 11) is 2.68. The number of rotatable bonds is 2. The summed E-state index contributed by atoms with van der Waals surface area (Å²) in [6.07, 6.45) is 0. The van der Waals surface area contributed by atoms with Crippen molar-refractivity contribution in [1.82, 2.24) is 4.90 Å². The molecule has 0 radical (unpaired) electrons. The largest absolute Gasteiger partial charge is 1.00 e. The quantitative estimate of drug-likeness (QED) is 0.479. The summed E-state index contributed by atoms with van der Waals surface area (Å²) in [5.74, 6) is -2.30. The molecule has 0 heterocycles. The topological polar surface area (TPSA) is 20.3 Å². The molecule has 0 atom stereocenters. The minimum absolute atomic E-state index is 0. The summed E-state index contributed by atoms with van der Waals surface area (Å²) < 4.78 is 50.6. The van der Waals surface area contributed by atoms with Crippen LogP contribution >= 0.6 is 0 Å². The first kappa shape index (κ1) is 17.1. The SMILES string of the molecule is CN(C)C(=O)c1cccc([B-](F)(F)F)c1F.[K+]. The van der Waals surface area contributed by atoms with E-state index in [1.54, 1.807) is 0 Å². The molecule has 0 saturated carbocycles. The van der Waals surface area contributed by atoms with Gasteiger partial charge in [-0.15, -0.1) is 0 Å². The number of nitrogens with zero attached hydrogens (tertiary/aromatic N) is 1. The molecule has 0 N–H and O–H groups in total. The molecule has 0 bridgehead atoms. The van der Waals surface area contributed by atoms with E-state index in [4.69, 9.17) is 0 Å². The Kier molecular flexibility index (Phi) is 6.37. The third kappa shape index (κ3) is 4.06. The van der Waals surface area contributed by atoms with Gasteiger partial charge in [0.05, 0.1) is 5.56 Å². The van der Waals surface area contributed by atoms with Crippen LogP contribution in [0, 0.1) is 5.82 Å². The molecular weight excluding hydrogens is 264 g/mol. The smallest absolute Gasteiger partial charge is 0.445 e. The second kappa shape index (κ2) is 6.33. The van der Waals surface area contributed by atoms with Gasteiger partial charge in [0.2, 0.25) is 0 Å². The van der Waals surface area contributed by atoms with E-state index in [9.17, 15) is 22.1 Å². The zero-order chi connectivity index (χ0) is 12.5. The molecule has 0 aliphatic heterocycles. The van der Waals surface area contributed by atoms with E-state index in [-0.39, 0.29) is 51.4 Å². The van der Waals surface area contributed by atoms with Crippen LogP contribution in [0.25, 0.3) is 0 Å². The molecule has 0 aliphatic carbocycles. The van der Waals surface area contributed by atoms with E-state index in [0.717, 1.165) is 17.0 Å². The van der Waals surface area contributed by atoms with Crippen LogP contribution in [-0.2, 0) is 0 Å². The Hall–Kier alpha value is 0.111. The van der Waals surface area contributed by atoms with Gasteiger partial charge in [-0.25, -0.2) is 4.39 Å². The number of benzene rings is 1. The van der Waals surface area contributed by atoms with E-state index in [0.29, 0.717) is 6.07 Å². The van der Waals surface area contributed by atoms with E-state index in [1.165, 1.54) is 14.1 Å². The first-order chi connectivity index (χ1) is 7.25. The Morgan fingerprint density at radius 3 is 2.18 bits per heavy atom. The van der Waals surface area contributed by atoms with Crippen LogP contribution in [0.15, 0.2) is 18.2 Å². The molecule has 8 heteroatoms. The van der Waals surface area contributed by atoms with Crippen LogP contribution in [0.2, 0.25) is 0 Å². The monoisotopic (exact) mass is 273 g/mol. The van der Waals surface area contributed by atoms with Crippen molar-refractivity contribution in [1.29, 1.82) is 0 Å². The standard InChI is InChI=1S/C9H9BF4NO.K/c1-15(2)9(16)6-4-3-5-7(8(6)11)10(12,13)14;/h3-5H,1-2H3;/q-1;+1. The number of halogens is 4. The van der Waals surface area contributed by atoms with Gasteiger partial charge in [0, 0.05) is 14.1 Å². The molecule has 0 aliphatic rings. The zero-order valence-electron chi connectivity index (χ0n) is 9.68. The van der Waals surface area contributed by atoms with Crippen molar-refractivity contribution in [2.75, 3.05) is 14.1 Å². The van der Waals surface area contributed by atoms with Crippen molar-refractivity contribution in [2.24, 2.45) is 0 Å². The zero-order valence-corrected chi connectivity index (χ0v) is 12.8. The molecule has 1 aromatic rings. The summed E-state index contributed by atoms with van der Waals surface area (Å²) in [6.45, 7) is -5.45. The van der Waals surface area contributed by atoms with E-state index >= 15 is 0 Å². The Morgan fingerprint density at radius 1 is 1.24 bits per heavy atom. The van der Waals surface area contributed by atoms with Gasteiger partial charge in [-0.3, -0.25) is 4.79 Å². The van der Waals surface area contributed by atoms with Crippen LogP contribution in [-0.4, -0.2) is 31.9 Å². The molecule has 1 amide bonds. The van der Waals surface area contributed by atoms with Crippen LogP contribution in [0.1, 0.15) is 10.4 Å². The van der Waals surface area contributed by atoms with Crippen LogP contribution in [0.4, 0.5) is 17.3 Å². The van der Waals surface area contributed by atoms with Gasteiger partial charge in [0.1, 0.15) is 5.82 Å². The first-order valence-corrected chi connectivity index (χ1v) is 4.45. The third-order valence-electron chi connectivity index (χ3n) is 2.02. The Bertz CT molecular complexity index is 422. The molecule has 0 unspecified atom stereocenters. The second-order valence-corrected chi connectivity index (χ2v) is 3.48. The van der Waals surface area contributed by atoms with Crippen molar-refractivity contribution >= 4 is 18.3 Å². The molecule has 1 rings (SSSR count). The first-order valence-electron chi connectivity index (χ1n) is 4.45. The number of hydrogen-bond donors (Lipinski definition) is 0. The van der Waals surface area contributed by atoms with Crippen LogP contribution in [0.3, 0.4) is 0 Å². The third-order valence-corrected chi connectivity index (χ3v) is 2.02. The second-order valence-electron chi connectivity index (χ2n) is 3.48. The van der Waals surface area contributed by atoms with E-state index in [1.807, 2.05) is 0 Å². The van der Waals surface area contributed by atoms with Gasteiger partial charge in [-0.1, -0.05) is 17.6 Å². The molecular formula is C9H9BF4KNO. The van der Waals surface area contributed by atoms with Crippen LogP contribution < -0.4 is 56.8 Å². The van der Waals surface area contributed by atoms with Gasteiger partial charge in [0.15, 0.2) is 0 Å². The molecule has 17 heavy (non-hydrogen) atoms. The summed E-state index contributed by atoms with van der Waals surface area (Å²) in [6, 6.07) is 2.68. The molecule has 1 aromatic carbocycles. The number of carbonyl (C=O) groups excluding carboxylic acids is 1. The maximum Gasteiger partial charge on any atom is 1.00 e. The number of carbonyl (C=O) groups is 1. The summed E-state index contributed by atoms with van der Waals surface area (Å²) in [5, 5.41) is 0. The fourth-order valence-corrected chi connectivity index (χ4v) is 1.21.